The predicted molar refractivity (Wildman–Crippen MR) is 74.6 cm³/mol. The third-order valence-corrected chi connectivity index (χ3v) is 3.57. The maximum Gasteiger partial charge on any atom is 0.173 e. The van der Waals surface area contributed by atoms with Gasteiger partial charge in [0.1, 0.15) is 0 Å². The summed E-state index contributed by atoms with van der Waals surface area (Å²) in [6.07, 6.45) is 2.58. The van der Waals surface area contributed by atoms with E-state index in [9.17, 15) is 0 Å². The topological polar surface area (TPSA) is 61.8 Å². The van der Waals surface area contributed by atoms with Crippen LogP contribution in [0.15, 0.2) is 23.4 Å². The van der Waals surface area contributed by atoms with Gasteiger partial charge < -0.3 is 15.8 Å². The molecule has 2 rings (SSSR count). The molecule has 0 amide bonds. The molecule has 0 saturated heterocycles. The largest absolute Gasteiger partial charge is 0.409 e. The van der Waals surface area contributed by atoms with Gasteiger partial charge in [-0.15, -0.1) is 0 Å². The summed E-state index contributed by atoms with van der Waals surface area (Å²) in [6, 6.07) is 5.61. The Kier molecular flexibility index (Phi) is 3.97. The molecule has 18 heavy (non-hydrogen) atoms. The van der Waals surface area contributed by atoms with Crippen molar-refractivity contribution in [3.05, 3.63) is 28.8 Å². The maximum absolute atomic E-state index is 8.87. The number of hydrogen-bond acceptors (Lipinski definition) is 3. The molecule has 0 heterocycles. The standard InChI is InChI=1S/C13H18ClN3O/c1-2-17(8-9-6-7-9)11-5-3-4-10(14)12(11)13(15)16-18/h3-5,9,18H,2,6-8H2,1H3,(H2,15,16). The summed E-state index contributed by atoms with van der Waals surface area (Å²) in [6.45, 7) is 3.98. The highest BCUT2D eigenvalue weighted by Crippen LogP contribution is 2.34. The molecule has 1 aromatic carbocycles. The molecule has 1 aromatic rings. The van der Waals surface area contributed by atoms with Gasteiger partial charge in [0, 0.05) is 18.8 Å². The Morgan fingerprint density at radius 1 is 1.56 bits per heavy atom. The third kappa shape index (κ3) is 2.70. The minimum Gasteiger partial charge on any atom is -0.409 e. The van der Waals surface area contributed by atoms with Crippen molar-refractivity contribution in [2.45, 2.75) is 19.8 Å². The van der Waals surface area contributed by atoms with Crippen LogP contribution in [0.2, 0.25) is 5.02 Å². The lowest BCUT2D eigenvalue weighted by Gasteiger charge is -2.25. The first-order chi connectivity index (χ1) is 8.67. The second kappa shape index (κ2) is 5.48. The van der Waals surface area contributed by atoms with E-state index in [0.29, 0.717) is 10.6 Å². The van der Waals surface area contributed by atoms with Gasteiger partial charge in [-0.3, -0.25) is 0 Å². The van der Waals surface area contributed by atoms with Gasteiger partial charge in [-0.25, -0.2) is 0 Å². The quantitative estimate of drug-likeness (QED) is 0.373. The van der Waals surface area contributed by atoms with Gasteiger partial charge in [-0.2, -0.15) is 0 Å². The summed E-state index contributed by atoms with van der Waals surface area (Å²) < 4.78 is 0. The molecular weight excluding hydrogens is 250 g/mol. The van der Waals surface area contributed by atoms with Crippen molar-refractivity contribution >= 4 is 23.1 Å². The second-order valence-corrected chi connectivity index (χ2v) is 5.01. The summed E-state index contributed by atoms with van der Waals surface area (Å²) in [5.74, 6) is 0.828. The molecule has 1 fully saturated rings. The highest BCUT2D eigenvalue weighted by atomic mass is 35.5. The van der Waals surface area contributed by atoms with Crippen LogP contribution in [0.1, 0.15) is 25.3 Å². The fraction of sp³-hybridized carbons (Fsp3) is 0.462. The number of rotatable bonds is 5. The smallest absolute Gasteiger partial charge is 0.173 e. The fourth-order valence-corrected chi connectivity index (χ4v) is 2.36. The van der Waals surface area contributed by atoms with E-state index in [1.54, 1.807) is 6.07 Å². The van der Waals surface area contributed by atoms with E-state index >= 15 is 0 Å². The molecule has 0 bridgehead atoms. The molecule has 0 spiro atoms. The van der Waals surface area contributed by atoms with Crippen LogP contribution in [0, 0.1) is 5.92 Å². The highest BCUT2D eigenvalue weighted by Gasteiger charge is 2.25. The van der Waals surface area contributed by atoms with Gasteiger partial charge in [-0.1, -0.05) is 22.8 Å². The van der Waals surface area contributed by atoms with Crippen LogP contribution >= 0.6 is 11.6 Å². The zero-order valence-electron chi connectivity index (χ0n) is 10.4. The average Bonchev–Trinajstić information content (AvgIpc) is 3.18. The first-order valence-electron chi connectivity index (χ1n) is 6.18. The Morgan fingerprint density at radius 2 is 2.28 bits per heavy atom. The minimum atomic E-state index is 0.0600. The molecule has 4 nitrogen and oxygen atoms in total. The summed E-state index contributed by atoms with van der Waals surface area (Å²) >= 11 is 6.16. The molecule has 0 unspecified atom stereocenters. The van der Waals surface area contributed by atoms with Crippen LogP contribution in [0.3, 0.4) is 0 Å². The molecular formula is C13H18ClN3O. The Morgan fingerprint density at radius 3 is 2.83 bits per heavy atom. The summed E-state index contributed by atoms with van der Waals surface area (Å²) in [4.78, 5) is 2.23. The molecule has 0 aromatic heterocycles. The van der Waals surface area contributed by atoms with Crippen molar-refractivity contribution in [2.75, 3.05) is 18.0 Å². The van der Waals surface area contributed by atoms with Crippen molar-refractivity contribution < 1.29 is 5.21 Å². The molecule has 0 aliphatic heterocycles. The van der Waals surface area contributed by atoms with Crippen molar-refractivity contribution in [2.24, 2.45) is 16.8 Å². The van der Waals surface area contributed by atoms with E-state index in [1.807, 2.05) is 12.1 Å². The number of anilines is 1. The third-order valence-electron chi connectivity index (χ3n) is 3.25. The first kappa shape index (κ1) is 13.0. The van der Waals surface area contributed by atoms with Crippen LogP contribution in [-0.4, -0.2) is 24.1 Å². The zero-order valence-corrected chi connectivity index (χ0v) is 11.2. The van der Waals surface area contributed by atoms with Crippen molar-refractivity contribution in [3.8, 4) is 0 Å². The normalized spacial score (nSPS) is 15.8. The lowest BCUT2D eigenvalue weighted by atomic mass is 10.1. The van der Waals surface area contributed by atoms with Gasteiger partial charge >= 0.3 is 0 Å². The fourth-order valence-electron chi connectivity index (χ4n) is 2.09. The predicted octanol–water partition coefficient (Wildman–Crippen LogP) is 2.67. The molecule has 3 N–H and O–H groups in total. The molecule has 1 aliphatic carbocycles. The monoisotopic (exact) mass is 267 g/mol. The molecule has 0 radical (unpaired) electrons. The van der Waals surface area contributed by atoms with Crippen molar-refractivity contribution in [3.63, 3.8) is 0 Å². The van der Waals surface area contributed by atoms with E-state index in [4.69, 9.17) is 22.5 Å². The van der Waals surface area contributed by atoms with Crippen LogP contribution in [0.5, 0.6) is 0 Å². The Labute approximate surface area is 112 Å². The molecule has 5 heteroatoms. The van der Waals surface area contributed by atoms with Gasteiger partial charge in [0.25, 0.3) is 0 Å². The maximum atomic E-state index is 8.87. The summed E-state index contributed by atoms with van der Waals surface area (Å²) in [7, 11) is 0. The number of benzene rings is 1. The highest BCUT2D eigenvalue weighted by molar-refractivity contribution is 6.34. The molecule has 0 atom stereocenters. The Hall–Kier alpha value is -1.42. The number of oxime groups is 1. The Balaban J connectivity index is 2.37. The SMILES string of the molecule is CCN(CC1CC1)c1cccc(Cl)c1C(N)=NO. The van der Waals surface area contributed by atoms with Crippen molar-refractivity contribution in [1.82, 2.24) is 0 Å². The van der Waals surface area contributed by atoms with Crippen LogP contribution in [0.25, 0.3) is 0 Å². The van der Waals surface area contributed by atoms with E-state index in [-0.39, 0.29) is 5.84 Å². The van der Waals surface area contributed by atoms with Gasteiger partial charge in [-0.05, 0) is 37.8 Å². The van der Waals surface area contributed by atoms with Gasteiger partial charge in [0.05, 0.1) is 10.6 Å². The summed E-state index contributed by atoms with van der Waals surface area (Å²) in [5, 5.41) is 12.5. The molecule has 1 saturated carbocycles. The van der Waals surface area contributed by atoms with Crippen LogP contribution in [-0.2, 0) is 0 Å². The number of nitrogens with two attached hydrogens (primary N) is 1. The van der Waals surface area contributed by atoms with E-state index in [0.717, 1.165) is 24.7 Å². The number of hydrogen-bond donors (Lipinski definition) is 2. The minimum absolute atomic E-state index is 0.0600. The first-order valence-corrected chi connectivity index (χ1v) is 6.56. The van der Waals surface area contributed by atoms with E-state index in [1.165, 1.54) is 12.8 Å². The number of nitrogens with zero attached hydrogens (tertiary/aromatic N) is 2. The van der Waals surface area contributed by atoms with Crippen LogP contribution < -0.4 is 10.6 Å². The van der Waals surface area contributed by atoms with E-state index in [2.05, 4.69) is 17.0 Å². The van der Waals surface area contributed by atoms with Gasteiger partial charge in [0.2, 0.25) is 0 Å². The molecule has 1 aliphatic rings. The van der Waals surface area contributed by atoms with Crippen molar-refractivity contribution in [1.29, 1.82) is 0 Å². The average molecular weight is 268 g/mol. The lowest BCUT2D eigenvalue weighted by molar-refractivity contribution is 0.318. The summed E-state index contributed by atoms with van der Waals surface area (Å²) in [5.41, 5.74) is 7.28. The van der Waals surface area contributed by atoms with Gasteiger partial charge in [0.15, 0.2) is 5.84 Å². The number of halogens is 1. The van der Waals surface area contributed by atoms with Crippen LogP contribution in [0.4, 0.5) is 5.69 Å². The zero-order chi connectivity index (χ0) is 13.1. The molecule has 98 valence electrons. The second-order valence-electron chi connectivity index (χ2n) is 4.60. The van der Waals surface area contributed by atoms with E-state index < -0.39 is 0 Å². The number of amidine groups is 1. The lowest BCUT2D eigenvalue weighted by Crippen LogP contribution is -2.28. The Bertz CT molecular complexity index is 458.